The Labute approximate surface area is 62.3 Å². The van der Waals surface area contributed by atoms with Gasteiger partial charge in [0.1, 0.15) is 0 Å². The van der Waals surface area contributed by atoms with Crippen LogP contribution in [0.5, 0.6) is 0 Å². The minimum absolute atomic E-state index is 0.174. The van der Waals surface area contributed by atoms with E-state index in [4.69, 9.17) is 0 Å². The Hall–Kier alpha value is -0.350. The lowest BCUT2D eigenvalue weighted by Gasteiger charge is -1.89. The van der Waals surface area contributed by atoms with Gasteiger partial charge >= 0.3 is 0 Å². The molecule has 9 heavy (non-hydrogen) atoms. The first-order chi connectivity index (χ1) is 4.20. The fraction of sp³-hybridized carbons (Fsp3) is 0. The number of carboxylic acid groups (broad SMARTS) is 1. The van der Waals surface area contributed by atoms with Crippen molar-refractivity contribution < 1.29 is 9.90 Å². The van der Waals surface area contributed by atoms with Gasteiger partial charge < -0.3 is 9.90 Å². The lowest BCUT2D eigenvalue weighted by molar-refractivity contribution is -0.255. The van der Waals surface area contributed by atoms with Crippen molar-refractivity contribution in [2.24, 2.45) is 0 Å². The molecule has 0 fully saturated rings. The molecular weight excluding hydrogens is 204 g/mol. The van der Waals surface area contributed by atoms with Crippen molar-refractivity contribution in [1.82, 2.24) is 0 Å². The summed E-state index contributed by atoms with van der Waals surface area (Å²) in [5, 5.41) is 13.5. The summed E-state index contributed by atoms with van der Waals surface area (Å²) in [6, 6.07) is 1.53. The van der Waals surface area contributed by atoms with Crippen LogP contribution in [0.15, 0.2) is 16.8 Å². The highest BCUT2D eigenvalue weighted by molar-refractivity contribution is 9.34. The zero-order valence-electron chi connectivity index (χ0n) is 4.33. The molecule has 2 nitrogen and oxygen atoms in total. The van der Waals surface area contributed by atoms with Crippen LogP contribution in [0.1, 0.15) is 10.4 Å². The molecule has 1 aromatic heterocycles. The molecule has 0 saturated carbocycles. The van der Waals surface area contributed by atoms with Crippen LogP contribution in [0.2, 0.25) is 0 Å². The summed E-state index contributed by atoms with van der Waals surface area (Å²) in [6.07, 6.45) is 0. The highest BCUT2D eigenvalue weighted by Crippen LogP contribution is 2.26. The van der Waals surface area contributed by atoms with Crippen LogP contribution in [0.25, 0.3) is 0 Å². The minimum Gasteiger partial charge on any atom is -0.545 e. The zero-order chi connectivity index (χ0) is 6.85. The predicted octanol–water partition coefficient (Wildman–Crippen LogP) is 0.957. The Morgan fingerprint density at radius 2 is 2.44 bits per heavy atom. The van der Waals surface area contributed by atoms with Gasteiger partial charge in [0.15, 0.2) is 10.8 Å². The highest BCUT2D eigenvalue weighted by atomic mass is 79.9. The SMILES string of the molecule is O=C([O-])c1cc[s+](Br)c1. The molecule has 0 aromatic carbocycles. The molecule has 0 saturated heterocycles. The Balaban J connectivity index is 2.98. The molecular formula is C5H3BrO2S. The second-order valence-corrected chi connectivity index (χ2v) is 4.86. The lowest BCUT2D eigenvalue weighted by Crippen LogP contribution is -2.21. The van der Waals surface area contributed by atoms with E-state index >= 15 is 0 Å². The van der Waals surface area contributed by atoms with Crippen molar-refractivity contribution in [3.05, 3.63) is 22.4 Å². The number of hydrogen-bond donors (Lipinski definition) is 0. The van der Waals surface area contributed by atoms with Gasteiger partial charge in [-0.15, -0.1) is 0 Å². The molecule has 0 radical (unpaired) electrons. The number of carbonyl (C=O) groups is 1. The summed E-state index contributed by atoms with van der Waals surface area (Å²) in [5.41, 5.74) is 0.259. The molecule has 0 spiro atoms. The number of rotatable bonds is 1. The second kappa shape index (κ2) is 2.49. The first kappa shape index (κ1) is 6.77. The molecule has 1 rings (SSSR count). The average Bonchev–Trinajstić information content (AvgIpc) is 2.14. The van der Waals surface area contributed by atoms with Crippen LogP contribution in [-0.4, -0.2) is 5.97 Å². The van der Waals surface area contributed by atoms with Gasteiger partial charge in [-0.05, 0) is 0 Å². The van der Waals surface area contributed by atoms with Crippen LogP contribution < -0.4 is 5.11 Å². The molecule has 0 N–H and O–H groups in total. The number of thiophene rings is 1. The largest absolute Gasteiger partial charge is 0.545 e. The minimum atomic E-state index is -1.11. The van der Waals surface area contributed by atoms with Gasteiger partial charge in [-0.1, -0.05) is 0 Å². The third-order valence-corrected chi connectivity index (χ3v) is 2.94. The van der Waals surface area contributed by atoms with Gasteiger partial charge in [-0.3, -0.25) is 0 Å². The number of hydrogen-bond acceptors (Lipinski definition) is 2. The Bertz CT molecular complexity index is 231. The molecule has 1 heterocycles. The van der Waals surface area contributed by atoms with E-state index in [-0.39, 0.29) is 14.5 Å². The number of aromatic carboxylic acids is 1. The molecule has 0 amide bonds. The van der Waals surface area contributed by atoms with Crippen LogP contribution in [0.4, 0.5) is 0 Å². The lowest BCUT2D eigenvalue weighted by atomic mass is 10.4. The topological polar surface area (TPSA) is 40.1 Å². The first-order valence-electron chi connectivity index (χ1n) is 2.19. The van der Waals surface area contributed by atoms with Crippen molar-refractivity contribution in [1.29, 1.82) is 0 Å². The smallest absolute Gasteiger partial charge is 0.268 e. The van der Waals surface area contributed by atoms with E-state index < -0.39 is 5.97 Å². The van der Waals surface area contributed by atoms with Crippen LogP contribution in [0.3, 0.4) is 0 Å². The van der Waals surface area contributed by atoms with Gasteiger partial charge in [0.25, 0.3) is 14.8 Å². The quantitative estimate of drug-likeness (QED) is 0.643. The fourth-order valence-electron chi connectivity index (χ4n) is 0.454. The number of halogens is 1. The van der Waals surface area contributed by atoms with E-state index in [1.54, 1.807) is 10.8 Å². The van der Waals surface area contributed by atoms with Crippen molar-refractivity contribution >= 4 is 29.7 Å². The van der Waals surface area contributed by atoms with E-state index in [9.17, 15) is 9.90 Å². The van der Waals surface area contributed by atoms with E-state index in [0.29, 0.717) is 0 Å². The zero-order valence-corrected chi connectivity index (χ0v) is 6.74. The van der Waals surface area contributed by atoms with Crippen molar-refractivity contribution in [3.63, 3.8) is 0 Å². The molecule has 0 aliphatic heterocycles. The molecule has 0 aliphatic rings. The maximum atomic E-state index is 10.1. The van der Waals surface area contributed by atoms with E-state index in [2.05, 4.69) is 14.8 Å². The van der Waals surface area contributed by atoms with Gasteiger partial charge in [-0.25, -0.2) is 0 Å². The van der Waals surface area contributed by atoms with Gasteiger partial charge in [-0.2, -0.15) is 0 Å². The summed E-state index contributed by atoms with van der Waals surface area (Å²) in [6.45, 7) is 0. The Kier molecular flexibility index (Phi) is 1.87. The van der Waals surface area contributed by atoms with Crippen LogP contribution in [-0.2, 0) is 0 Å². The van der Waals surface area contributed by atoms with Crippen LogP contribution >= 0.6 is 23.7 Å². The van der Waals surface area contributed by atoms with Crippen molar-refractivity contribution in [2.75, 3.05) is 0 Å². The van der Waals surface area contributed by atoms with Gasteiger partial charge in [0, 0.05) is 6.07 Å². The molecule has 0 aliphatic carbocycles. The Morgan fingerprint density at radius 1 is 1.78 bits per heavy atom. The molecule has 1 aromatic rings. The summed E-state index contributed by atoms with van der Waals surface area (Å²) >= 11 is 3.22. The summed E-state index contributed by atoms with van der Waals surface area (Å²) < 4.78 is 0. The van der Waals surface area contributed by atoms with E-state index in [1.807, 2.05) is 0 Å². The van der Waals surface area contributed by atoms with Gasteiger partial charge in [0.05, 0.1) is 20.4 Å². The summed E-state index contributed by atoms with van der Waals surface area (Å²) in [5.74, 6) is -1.11. The number of carboxylic acids is 1. The standard InChI is InChI=1S/C5H3BrO2S/c6-9-2-1-4(3-9)5(7)8/h1-3H. The summed E-state index contributed by atoms with van der Waals surface area (Å²) in [7, 11) is -0.174. The highest BCUT2D eigenvalue weighted by Gasteiger charge is 2.03. The monoisotopic (exact) mass is 206 g/mol. The third-order valence-electron chi connectivity index (χ3n) is 0.853. The number of carbonyl (C=O) groups excluding carboxylic acids is 1. The summed E-state index contributed by atoms with van der Waals surface area (Å²) in [4.78, 5) is 10.1. The average molecular weight is 207 g/mol. The van der Waals surface area contributed by atoms with E-state index in [0.717, 1.165) is 0 Å². The third kappa shape index (κ3) is 1.53. The molecule has 4 heteroatoms. The molecule has 1 atom stereocenters. The second-order valence-electron chi connectivity index (χ2n) is 1.48. The van der Waals surface area contributed by atoms with Crippen molar-refractivity contribution in [3.8, 4) is 0 Å². The van der Waals surface area contributed by atoms with Gasteiger partial charge in [0.2, 0.25) is 0 Å². The van der Waals surface area contributed by atoms with Crippen LogP contribution in [0, 0.1) is 0 Å². The van der Waals surface area contributed by atoms with E-state index in [1.165, 1.54) is 6.07 Å². The van der Waals surface area contributed by atoms with Crippen molar-refractivity contribution in [2.45, 2.75) is 0 Å². The molecule has 1 unspecified atom stereocenters. The predicted molar refractivity (Wildman–Crippen MR) is 37.6 cm³/mol. The first-order valence-corrected chi connectivity index (χ1v) is 5.39. The maximum absolute atomic E-state index is 10.1. The molecule has 48 valence electrons. The fourth-order valence-corrected chi connectivity index (χ4v) is 2.15. The maximum Gasteiger partial charge on any atom is 0.268 e. The Morgan fingerprint density at radius 3 is 2.67 bits per heavy atom. The molecule has 0 bridgehead atoms. The normalized spacial score (nSPS) is 11.4.